The number of aryl methyl sites for hydroxylation is 3. The average Bonchev–Trinajstić information content (AvgIpc) is 3.61. The third-order valence-corrected chi connectivity index (χ3v) is 10.9. The number of rotatable bonds is 6. The van der Waals surface area contributed by atoms with E-state index >= 15 is 0 Å². The first-order chi connectivity index (χ1) is 28.3. The van der Waals surface area contributed by atoms with E-state index in [1.807, 2.05) is 85.3 Å². The lowest BCUT2D eigenvalue weighted by atomic mass is 9.83. The van der Waals surface area contributed by atoms with Crippen molar-refractivity contribution >= 4 is 11.0 Å². The lowest BCUT2D eigenvalue weighted by Crippen LogP contribution is -2.11. The Kier molecular flexibility index (Phi) is 8.57. The first-order valence-electron chi connectivity index (χ1n) is 21.1. The van der Waals surface area contributed by atoms with E-state index in [1.54, 1.807) is 12.1 Å². The summed E-state index contributed by atoms with van der Waals surface area (Å²) >= 11 is 0. The molecule has 4 nitrogen and oxygen atoms in total. The molecular formula is C53H51N3O. The van der Waals surface area contributed by atoms with Gasteiger partial charge in [0.05, 0.1) is 22.3 Å². The number of fused-ring (bicyclic) bond motifs is 1. The van der Waals surface area contributed by atoms with Crippen molar-refractivity contribution in [2.75, 3.05) is 0 Å². The van der Waals surface area contributed by atoms with Crippen LogP contribution >= 0.6 is 0 Å². The predicted octanol–water partition coefficient (Wildman–Crippen LogP) is 14.0. The molecule has 0 aliphatic heterocycles. The summed E-state index contributed by atoms with van der Waals surface area (Å²) in [6, 6.07) is 45.0. The van der Waals surface area contributed by atoms with Crippen LogP contribution in [0.15, 0.2) is 140 Å². The first kappa shape index (κ1) is 34.0. The van der Waals surface area contributed by atoms with Gasteiger partial charge in [-0.25, -0.2) is 4.98 Å². The van der Waals surface area contributed by atoms with Crippen LogP contribution in [0.25, 0.3) is 72.7 Å². The largest absolute Gasteiger partial charge is 0.507 e. The van der Waals surface area contributed by atoms with Crippen LogP contribution in [0.4, 0.5) is 0 Å². The highest BCUT2D eigenvalue weighted by Gasteiger charge is 2.23. The minimum absolute atomic E-state index is 0.0669. The minimum Gasteiger partial charge on any atom is -0.507 e. The number of phenols is 1. The maximum atomic E-state index is 11.7. The van der Waals surface area contributed by atoms with Crippen LogP contribution in [-0.2, 0) is 10.8 Å². The van der Waals surface area contributed by atoms with Gasteiger partial charge >= 0.3 is 0 Å². The van der Waals surface area contributed by atoms with Gasteiger partial charge in [0.1, 0.15) is 11.6 Å². The number of phenolic OH excluding ortho intramolecular Hbond substituents is 1. The average molecular weight is 749 g/mol. The molecule has 284 valence electrons. The number of para-hydroxylation sites is 1. The van der Waals surface area contributed by atoms with Gasteiger partial charge in [0.25, 0.3) is 0 Å². The highest BCUT2D eigenvalue weighted by atomic mass is 16.3. The van der Waals surface area contributed by atoms with E-state index in [-0.39, 0.29) is 22.1 Å². The number of aromatic hydroxyl groups is 1. The molecule has 0 spiro atoms. The molecule has 0 unspecified atom stereocenters. The Balaban J connectivity index is 1.37. The second-order valence-corrected chi connectivity index (χ2v) is 17.4. The molecule has 57 heavy (non-hydrogen) atoms. The van der Waals surface area contributed by atoms with Gasteiger partial charge in [0.2, 0.25) is 0 Å². The van der Waals surface area contributed by atoms with Gasteiger partial charge in [0, 0.05) is 27.1 Å². The van der Waals surface area contributed by atoms with E-state index < -0.39 is 6.85 Å². The second kappa shape index (κ2) is 14.4. The summed E-state index contributed by atoms with van der Waals surface area (Å²) < 4.78 is 27.5. The summed E-state index contributed by atoms with van der Waals surface area (Å²) in [6.45, 7) is 14.9. The fraction of sp³-hybridized carbons (Fsp3) is 0.208. The summed E-state index contributed by atoms with van der Waals surface area (Å²) in [6.07, 6.45) is 1.88. The third-order valence-electron chi connectivity index (χ3n) is 10.9. The van der Waals surface area contributed by atoms with Crippen molar-refractivity contribution in [1.82, 2.24) is 14.5 Å². The summed E-state index contributed by atoms with van der Waals surface area (Å²) in [5.41, 5.74) is 14.6. The third kappa shape index (κ3) is 7.40. The number of aromatic nitrogens is 3. The molecule has 8 aromatic rings. The molecule has 0 aliphatic carbocycles. The number of nitrogens with zero attached hydrogens (tertiary/aromatic N) is 3. The molecule has 0 fully saturated rings. The lowest BCUT2D eigenvalue weighted by molar-refractivity contribution is 0.472. The van der Waals surface area contributed by atoms with E-state index in [4.69, 9.17) is 14.1 Å². The summed E-state index contributed by atoms with van der Waals surface area (Å²) in [5, 5.41) is 11.7. The second-order valence-electron chi connectivity index (χ2n) is 17.4. The van der Waals surface area contributed by atoms with Crippen molar-refractivity contribution in [2.24, 2.45) is 0 Å². The smallest absolute Gasteiger partial charge is 0.149 e. The highest BCUT2D eigenvalue weighted by molar-refractivity contribution is 5.97. The monoisotopic (exact) mass is 748 g/mol. The van der Waals surface area contributed by atoms with E-state index in [9.17, 15) is 5.11 Å². The maximum absolute atomic E-state index is 11.7. The Morgan fingerprint density at radius 2 is 1.28 bits per heavy atom. The molecule has 0 saturated heterocycles. The highest BCUT2D eigenvalue weighted by Crippen LogP contribution is 2.42. The SMILES string of the molecule is [2H]C([2H])([2H])c1cc(-c2ccccc2)cc(-n2c(-c3cc(C)cc(C)c3O)nc3c(-c4cc(-c5cc(-c6ccc(C(C)(C)C)cc6)ccn5)cc(C(C)(C)C)c4)cccc32)c1. The number of hydrogen-bond acceptors (Lipinski definition) is 3. The summed E-state index contributed by atoms with van der Waals surface area (Å²) in [7, 11) is 0. The molecule has 1 N–H and O–H groups in total. The fourth-order valence-corrected chi connectivity index (χ4v) is 7.74. The van der Waals surface area contributed by atoms with E-state index in [0.29, 0.717) is 17.1 Å². The van der Waals surface area contributed by atoms with E-state index in [1.165, 1.54) is 5.56 Å². The quantitative estimate of drug-likeness (QED) is 0.184. The van der Waals surface area contributed by atoms with Gasteiger partial charge in [0.15, 0.2) is 0 Å². The molecule has 2 heterocycles. The van der Waals surface area contributed by atoms with Crippen LogP contribution < -0.4 is 0 Å². The molecule has 6 aromatic carbocycles. The maximum Gasteiger partial charge on any atom is 0.149 e. The standard InChI is InChI=1S/C53H51N3O/c1-33-24-35(3)50(57)46(27-33)51-55-49-45(16-13-17-48(49)56(51)44-26-34(2)25-39(31-44)36-14-11-10-12-15-36)40-28-41(30-43(29-40)53(7,8)9)47-32-38(22-23-54-47)37-18-20-42(21-19-37)52(4,5)6/h10-32,57H,1-9H3/i2D3. The molecular weight excluding hydrogens is 695 g/mol. The van der Waals surface area contributed by atoms with Crippen LogP contribution in [0, 0.1) is 20.7 Å². The Hall–Kier alpha value is -6.26. The van der Waals surface area contributed by atoms with Crippen molar-refractivity contribution in [3.05, 3.63) is 167 Å². The fourth-order valence-electron chi connectivity index (χ4n) is 7.74. The van der Waals surface area contributed by atoms with Crippen LogP contribution in [0.1, 0.15) is 73.5 Å². The number of benzene rings is 6. The Labute approximate surface area is 341 Å². The van der Waals surface area contributed by atoms with Crippen LogP contribution in [0.2, 0.25) is 0 Å². The van der Waals surface area contributed by atoms with Crippen LogP contribution in [0.5, 0.6) is 5.75 Å². The van der Waals surface area contributed by atoms with Gasteiger partial charge in [-0.05, 0) is 136 Å². The number of pyridine rings is 1. The molecule has 2 aromatic heterocycles. The van der Waals surface area contributed by atoms with Crippen molar-refractivity contribution in [2.45, 2.75) is 73.1 Å². The van der Waals surface area contributed by atoms with Crippen LogP contribution in [-0.4, -0.2) is 19.6 Å². The molecule has 0 aliphatic rings. The molecule has 0 bridgehead atoms. The van der Waals surface area contributed by atoms with Gasteiger partial charge < -0.3 is 5.11 Å². The molecule has 4 heteroatoms. The van der Waals surface area contributed by atoms with Crippen LogP contribution in [0.3, 0.4) is 0 Å². The minimum atomic E-state index is -2.37. The molecule has 0 atom stereocenters. The van der Waals surface area contributed by atoms with E-state index in [0.717, 1.165) is 72.4 Å². The number of imidazole rings is 1. The van der Waals surface area contributed by atoms with Gasteiger partial charge in [-0.15, -0.1) is 0 Å². The molecule has 0 amide bonds. The zero-order valence-electron chi connectivity index (χ0n) is 37.1. The first-order valence-corrected chi connectivity index (χ1v) is 19.6. The molecule has 8 rings (SSSR count). The summed E-state index contributed by atoms with van der Waals surface area (Å²) in [4.78, 5) is 10.3. The van der Waals surface area contributed by atoms with Crippen molar-refractivity contribution in [1.29, 1.82) is 0 Å². The Morgan fingerprint density at radius 3 is 2.00 bits per heavy atom. The van der Waals surface area contributed by atoms with Crippen molar-refractivity contribution < 1.29 is 9.22 Å². The van der Waals surface area contributed by atoms with Crippen molar-refractivity contribution in [3.63, 3.8) is 0 Å². The Bertz CT molecular complexity index is 2890. The molecule has 0 saturated carbocycles. The lowest BCUT2D eigenvalue weighted by Gasteiger charge is -2.22. The number of hydrogen-bond donors (Lipinski definition) is 1. The van der Waals surface area contributed by atoms with Crippen molar-refractivity contribution in [3.8, 4) is 67.5 Å². The van der Waals surface area contributed by atoms with Gasteiger partial charge in [-0.3, -0.25) is 9.55 Å². The molecule has 0 radical (unpaired) electrons. The van der Waals surface area contributed by atoms with E-state index in [2.05, 4.69) is 102 Å². The Morgan fingerprint density at radius 1 is 0.561 bits per heavy atom. The normalized spacial score (nSPS) is 13.0. The zero-order chi connectivity index (χ0) is 42.7. The summed E-state index contributed by atoms with van der Waals surface area (Å²) in [5.74, 6) is 0.646. The predicted molar refractivity (Wildman–Crippen MR) is 239 cm³/mol. The van der Waals surface area contributed by atoms with Gasteiger partial charge in [-0.2, -0.15) is 0 Å². The zero-order valence-corrected chi connectivity index (χ0v) is 34.1. The van der Waals surface area contributed by atoms with Gasteiger partial charge in [-0.1, -0.05) is 126 Å². The topological polar surface area (TPSA) is 50.9 Å².